The van der Waals surface area contributed by atoms with E-state index in [2.05, 4.69) is 20.0 Å². The van der Waals surface area contributed by atoms with Crippen molar-refractivity contribution >= 4 is 38.5 Å². The van der Waals surface area contributed by atoms with E-state index < -0.39 is 10.0 Å². The fraction of sp³-hybridized carbons (Fsp3) is 0.312. The average Bonchev–Trinajstić information content (AvgIpc) is 3.05. The number of benzene rings is 1. The third-order valence-electron chi connectivity index (χ3n) is 4.40. The molecule has 3 heterocycles. The molecule has 0 saturated carbocycles. The SMILES string of the molecule is CS(=O)(=O)N1CCN(c2ncnc3c2cnn3-c2cccc(Cl)c2)CC1. The van der Waals surface area contributed by atoms with Gasteiger partial charge in [0.1, 0.15) is 12.1 Å². The molecular weight excluding hydrogens is 376 g/mol. The lowest BCUT2D eigenvalue weighted by molar-refractivity contribution is 0.387. The van der Waals surface area contributed by atoms with Crippen LogP contribution in [-0.2, 0) is 10.0 Å². The molecule has 8 nitrogen and oxygen atoms in total. The smallest absolute Gasteiger partial charge is 0.211 e. The van der Waals surface area contributed by atoms with Crippen molar-refractivity contribution in [1.29, 1.82) is 0 Å². The van der Waals surface area contributed by atoms with E-state index in [-0.39, 0.29) is 0 Å². The molecule has 4 rings (SSSR count). The standard InChI is InChI=1S/C16H17ClN6O2S/c1-26(24,25)22-7-5-21(6-8-22)15-14-10-20-23(16(14)19-11-18-15)13-4-2-3-12(17)9-13/h2-4,9-11H,5-8H2,1H3. The summed E-state index contributed by atoms with van der Waals surface area (Å²) in [4.78, 5) is 10.8. The van der Waals surface area contributed by atoms with Gasteiger partial charge in [0.25, 0.3) is 0 Å². The minimum absolute atomic E-state index is 0.437. The Kier molecular flexibility index (Phi) is 4.29. The Morgan fingerprint density at radius 2 is 1.88 bits per heavy atom. The lowest BCUT2D eigenvalue weighted by Gasteiger charge is -2.34. The monoisotopic (exact) mass is 392 g/mol. The van der Waals surface area contributed by atoms with E-state index in [0.717, 1.165) is 16.9 Å². The number of sulfonamides is 1. The summed E-state index contributed by atoms with van der Waals surface area (Å²) in [5.74, 6) is 0.761. The Hall–Kier alpha value is -2.23. The molecule has 2 aromatic heterocycles. The zero-order valence-electron chi connectivity index (χ0n) is 14.1. The van der Waals surface area contributed by atoms with Crippen LogP contribution in [-0.4, -0.2) is 64.9 Å². The van der Waals surface area contributed by atoms with Crippen molar-refractivity contribution in [1.82, 2.24) is 24.1 Å². The highest BCUT2D eigenvalue weighted by Gasteiger charge is 2.25. The Balaban J connectivity index is 1.68. The molecule has 3 aromatic rings. The molecule has 1 aliphatic rings. The quantitative estimate of drug-likeness (QED) is 0.672. The lowest BCUT2D eigenvalue weighted by atomic mass is 10.3. The van der Waals surface area contributed by atoms with Crippen molar-refractivity contribution < 1.29 is 8.42 Å². The second-order valence-corrected chi connectivity index (χ2v) is 8.54. The number of nitrogens with zero attached hydrogens (tertiary/aromatic N) is 6. The number of aromatic nitrogens is 4. The van der Waals surface area contributed by atoms with Crippen LogP contribution in [0.5, 0.6) is 0 Å². The van der Waals surface area contributed by atoms with Crippen LogP contribution in [0, 0.1) is 0 Å². The van der Waals surface area contributed by atoms with Crippen molar-refractivity contribution in [2.75, 3.05) is 37.3 Å². The number of hydrogen-bond donors (Lipinski definition) is 0. The van der Waals surface area contributed by atoms with Gasteiger partial charge in [-0.3, -0.25) is 0 Å². The van der Waals surface area contributed by atoms with Gasteiger partial charge >= 0.3 is 0 Å². The van der Waals surface area contributed by atoms with Gasteiger partial charge < -0.3 is 4.90 Å². The van der Waals surface area contributed by atoms with Crippen LogP contribution in [0.1, 0.15) is 0 Å². The highest BCUT2D eigenvalue weighted by Crippen LogP contribution is 2.26. The first-order valence-electron chi connectivity index (χ1n) is 8.08. The van der Waals surface area contributed by atoms with Crippen LogP contribution >= 0.6 is 11.6 Å². The van der Waals surface area contributed by atoms with Gasteiger partial charge in [-0.25, -0.2) is 23.1 Å². The van der Waals surface area contributed by atoms with Gasteiger partial charge in [-0.05, 0) is 18.2 Å². The fourth-order valence-corrected chi connectivity index (χ4v) is 4.12. The van der Waals surface area contributed by atoms with E-state index in [0.29, 0.717) is 36.8 Å². The normalized spacial score (nSPS) is 16.3. The summed E-state index contributed by atoms with van der Waals surface area (Å²) in [5, 5.41) is 5.88. The molecule has 1 aliphatic heterocycles. The minimum atomic E-state index is -3.17. The molecule has 26 heavy (non-hydrogen) atoms. The van der Waals surface area contributed by atoms with Gasteiger partial charge in [-0.1, -0.05) is 17.7 Å². The molecule has 0 bridgehead atoms. The topological polar surface area (TPSA) is 84.2 Å². The molecule has 10 heteroatoms. The summed E-state index contributed by atoms with van der Waals surface area (Å²) in [6, 6.07) is 7.39. The molecule has 1 fully saturated rings. The van der Waals surface area contributed by atoms with Crippen molar-refractivity contribution in [3.8, 4) is 5.69 Å². The summed E-state index contributed by atoms with van der Waals surface area (Å²) in [5.41, 5.74) is 1.50. The summed E-state index contributed by atoms with van der Waals surface area (Å²) in [6.45, 7) is 2.02. The maximum atomic E-state index is 11.7. The maximum absolute atomic E-state index is 11.7. The number of anilines is 1. The zero-order chi connectivity index (χ0) is 18.3. The Morgan fingerprint density at radius 3 is 2.58 bits per heavy atom. The number of piperazine rings is 1. The van der Waals surface area contributed by atoms with Gasteiger partial charge in [0.15, 0.2) is 5.65 Å². The van der Waals surface area contributed by atoms with Crippen molar-refractivity contribution in [2.45, 2.75) is 0 Å². The van der Waals surface area contributed by atoms with Gasteiger partial charge in [0, 0.05) is 31.2 Å². The number of fused-ring (bicyclic) bond motifs is 1. The zero-order valence-corrected chi connectivity index (χ0v) is 15.7. The third-order valence-corrected chi connectivity index (χ3v) is 5.94. The van der Waals surface area contributed by atoms with E-state index in [1.54, 1.807) is 16.9 Å². The van der Waals surface area contributed by atoms with Gasteiger partial charge in [-0.2, -0.15) is 9.40 Å². The summed E-state index contributed by atoms with van der Waals surface area (Å²) in [7, 11) is -3.17. The largest absolute Gasteiger partial charge is 0.353 e. The first kappa shape index (κ1) is 17.2. The number of halogens is 1. The fourth-order valence-electron chi connectivity index (χ4n) is 3.11. The van der Waals surface area contributed by atoms with E-state index >= 15 is 0 Å². The van der Waals surface area contributed by atoms with Crippen LogP contribution in [0.4, 0.5) is 5.82 Å². The molecular formula is C16H17ClN6O2S. The van der Waals surface area contributed by atoms with Gasteiger partial charge in [0.2, 0.25) is 10.0 Å². The Morgan fingerprint density at radius 1 is 1.12 bits per heavy atom. The Labute approximate surface area is 156 Å². The second kappa shape index (κ2) is 6.49. The highest BCUT2D eigenvalue weighted by molar-refractivity contribution is 7.88. The van der Waals surface area contributed by atoms with Crippen molar-refractivity contribution in [2.24, 2.45) is 0 Å². The molecule has 0 N–H and O–H groups in total. The molecule has 0 unspecified atom stereocenters. The van der Waals surface area contributed by atoms with E-state index in [9.17, 15) is 8.42 Å². The molecule has 136 valence electrons. The van der Waals surface area contributed by atoms with Crippen LogP contribution in [0.25, 0.3) is 16.7 Å². The maximum Gasteiger partial charge on any atom is 0.211 e. The Bertz CT molecular complexity index is 1060. The molecule has 0 amide bonds. The van der Waals surface area contributed by atoms with Crippen LogP contribution in [0.15, 0.2) is 36.8 Å². The summed E-state index contributed by atoms with van der Waals surface area (Å²) in [6.07, 6.45) is 4.47. The number of rotatable bonds is 3. The van der Waals surface area contributed by atoms with Gasteiger partial charge in [-0.15, -0.1) is 0 Å². The predicted octanol–water partition coefficient (Wildman–Crippen LogP) is 1.55. The summed E-state index contributed by atoms with van der Waals surface area (Å²) < 4.78 is 26.6. The van der Waals surface area contributed by atoms with Crippen LogP contribution < -0.4 is 4.90 Å². The first-order chi connectivity index (χ1) is 12.4. The minimum Gasteiger partial charge on any atom is -0.353 e. The molecule has 1 aromatic carbocycles. The van der Waals surface area contributed by atoms with E-state index in [1.807, 2.05) is 18.2 Å². The number of hydrogen-bond acceptors (Lipinski definition) is 6. The highest BCUT2D eigenvalue weighted by atomic mass is 35.5. The lowest BCUT2D eigenvalue weighted by Crippen LogP contribution is -2.48. The van der Waals surface area contributed by atoms with Crippen LogP contribution in [0.2, 0.25) is 5.02 Å². The molecule has 0 atom stereocenters. The molecule has 1 saturated heterocycles. The first-order valence-corrected chi connectivity index (χ1v) is 10.3. The average molecular weight is 393 g/mol. The van der Waals surface area contributed by atoms with Gasteiger partial charge in [0.05, 0.1) is 23.5 Å². The molecule has 0 aliphatic carbocycles. The predicted molar refractivity (Wildman–Crippen MR) is 100 cm³/mol. The second-order valence-electron chi connectivity index (χ2n) is 6.12. The van der Waals surface area contributed by atoms with Crippen molar-refractivity contribution in [3.63, 3.8) is 0 Å². The molecule has 0 radical (unpaired) electrons. The van der Waals surface area contributed by atoms with E-state index in [4.69, 9.17) is 11.6 Å². The summed E-state index contributed by atoms with van der Waals surface area (Å²) >= 11 is 6.08. The third kappa shape index (κ3) is 3.13. The molecule has 0 spiro atoms. The van der Waals surface area contributed by atoms with E-state index in [1.165, 1.54) is 16.9 Å². The van der Waals surface area contributed by atoms with Crippen LogP contribution in [0.3, 0.4) is 0 Å². The van der Waals surface area contributed by atoms with Crippen molar-refractivity contribution in [3.05, 3.63) is 41.8 Å².